The Kier molecular flexibility index (Phi) is 10.7. The highest BCUT2D eigenvalue weighted by Gasteiger charge is 2.13. The lowest BCUT2D eigenvalue weighted by molar-refractivity contribution is -0.121. The molecule has 0 unspecified atom stereocenters. The summed E-state index contributed by atoms with van der Waals surface area (Å²) in [7, 11) is 0. The number of benzene rings is 1. The van der Waals surface area contributed by atoms with Crippen LogP contribution in [0.4, 0.5) is 0 Å². The molecule has 0 saturated carbocycles. The van der Waals surface area contributed by atoms with Crippen molar-refractivity contribution in [1.82, 2.24) is 16.0 Å². The molecule has 0 spiro atoms. The zero-order valence-corrected chi connectivity index (χ0v) is 18.2. The number of hydrogen-bond donors (Lipinski definition) is 3. The summed E-state index contributed by atoms with van der Waals surface area (Å²) in [4.78, 5) is 16.3. The molecule has 8 heteroatoms. The van der Waals surface area contributed by atoms with E-state index < -0.39 is 0 Å². The molecule has 1 aromatic rings. The molecule has 0 aliphatic rings. The van der Waals surface area contributed by atoms with Crippen molar-refractivity contribution in [2.24, 2.45) is 4.99 Å². The van der Waals surface area contributed by atoms with Gasteiger partial charge in [0.2, 0.25) is 5.91 Å². The summed E-state index contributed by atoms with van der Waals surface area (Å²) in [6.07, 6.45) is 0. The summed E-state index contributed by atoms with van der Waals surface area (Å²) in [5, 5.41) is 10.1. The third kappa shape index (κ3) is 9.54. The summed E-state index contributed by atoms with van der Waals surface area (Å²) in [5.74, 6) is 0.468. The minimum absolute atomic E-state index is 0. The fraction of sp³-hybridized carbons (Fsp3) is 0.500. The van der Waals surface area contributed by atoms with Gasteiger partial charge in [0.25, 0.3) is 0 Å². The summed E-state index contributed by atoms with van der Waals surface area (Å²) in [6, 6.07) is 5.30. The van der Waals surface area contributed by atoms with Crippen LogP contribution in [0.5, 0.6) is 0 Å². The lowest BCUT2D eigenvalue weighted by atomic mass is 10.1. The second-order valence-electron chi connectivity index (χ2n) is 6.08. The van der Waals surface area contributed by atoms with E-state index in [1.165, 1.54) is 0 Å². The number of rotatable bonds is 5. The molecule has 1 amide bonds. The summed E-state index contributed by atoms with van der Waals surface area (Å²) in [6.45, 7) is 9.01. The van der Waals surface area contributed by atoms with E-state index in [-0.39, 0.29) is 42.0 Å². The van der Waals surface area contributed by atoms with Gasteiger partial charge in [0, 0.05) is 22.1 Å². The Morgan fingerprint density at radius 3 is 2.42 bits per heavy atom. The van der Waals surface area contributed by atoms with Crippen LogP contribution in [0, 0.1) is 0 Å². The fourth-order valence-corrected chi connectivity index (χ4v) is 2.25. The highest BCUT2D eigenvalue weighted by atomic mass is 127. The van der Waals surface area contributed by atoms with Crippen LogP contribution in [0.25, 0.3) is 0 Å². The van der Waals surface area contributed by atoms with Crippen LogP contribution >= 0.6 is 47.2 Å². The predicted octanol–water partition coefficient (Wildman–Crippen LogP) is 3.58. The van der Waals surface area contributed by atoms with Gasteiger partial charge in [0.05, 0.1) is 13.1 Å². The first kappa shape index (κ1) is 23.3. The van der Waals surface area contributed by atoms with Crippen LogP contribution in [0.15, 0.2) is 23.2 Å². The van der Waals surface area contributed by atoms with Crippen LogP contribution < -0.4 is 16.0 Å². The first-order valence-electron chi connectivity index (χ1n) is 7.48. The third-order valence-electron chi connectivity index (χ3n) is 2.70. The van der Waals surface area contributed by atoms with Crippen molar-refractivity contribution in [3.05, 3.63) is 33.8 Å². The Hall–Kier alpha value is -0.730. The van der Waals surface area contributed by atoms with Crippen molar-refractivity contribution in [3.8, 4) is 0 Å². The molecule has 1 aromatic carbocycles. The highest BCUT2D eigenvalue weighted by molar-refractivity contribution is 14.0. The van der Waals surface area contributed by atoms with Gasteiger partial charge < -0.3 is 16.0 Å². The average molecular weight is 487 g/mol. The first-order valence-corrected chi connectivity index (χ1v) is 8.24. The zero-order valence-electron chi connectivity index (χ0n) is 14.4. The number of hydrogen-bond acceptors (Lipinski definition) is 2. The van der Waals surface area contributed by atoms with Crippen molar-refractivity contribution in [1.29, 1.82) is 0 Å². The number of carbonyl (C=O) groups is 1. The molecule has 3 N–H and O–H groups in total. The normalized spacial score (nSPS) is 11.5. The lowest BCUT2D eigenvalue weighted by Crippen LogP contribution is -2.48. The Bertz CT molecular complexity index is 574. The summed E-state index contributed by atoms with van der Waals surface area (Å²) in [5.41, 5.74) is 0.609. The number of nitrogens with zero attached hydrogens (tertiary/aromatic N) is 1. The largest absolute Gasteiger partial charge is 0.357 e. The Morgan fingerprint density at radius 1 is 1.21 bits per heavy atom. The van der Waals surface area contributed by atoms with Crippen LogP contribution in [0.2, 0.25) is 10.0 Å². The zero-order chi connectivity index (χ0) is 17.5. The van der Waals surface area contributed by atoms with Gasteiger partial charge in [-0.1, -0.05) is 29.3 Å². The summed E-state index contributed by atoms with van der Waals surface area (Å²) >= 11 is 12.0. The van der Waals surface area contributed by atoms with Gasteiger partial charge in [0.1, 0.15) is 0 Å². The van der Waals surface area contributed by atoms with Crippen molar-refractivity contribution in [3.63, 3.8) is 0 Å². The number of halogens is 3. The van der Waals surface area contributed by atoms with Gasteiger partial charge in [-0.25, -0.2) is 4.99 Å². The number of aliphatic imine (C=N–C) groups is 1. The molecule has 0 atom stereocenters. The van der Waals surface area contributed by atoms with Gasteiger partial charge in [-0.05, 0) is 45.4 Å². The van der Waals surface area contributed by atoms with E-state index in [1.54, 1.807) is 12.1 Å². The molecule has 136 valence electrons. The molecule has 0 aliphatic carbocycles. The molecule has 0 aliphatic heterocycles. The molecule has 1 rings (SSSR count). The second kappa shape index (κ2) is 11.0. The van der Waals surface area contributed by atoms with Crippen LogP contribution in [-0.4, -0.2) is 30.5 Å². The highest BCUT2D eigenvalue weighted by Crippen LogP contribution is 2.21. The number of guanidine groups is 1. The Morgan fingerprint density at radius 2 is 1.88 bits per heavy atom. The first-order chi connectivity index (χ1) is 10.7. The fourth-order valence-electron chi connectivity index (χ4n) is 1.78. The molecule has 5 nitrogen and oxygen atoms in total. The van der Waals surface area contributed by atoms with E-state index in [4.69, 9.17) is 23.2 Å². The van der Waals surface area contributed by atoms with E-state index in [0.717, 1.165) is 5.56 Å². The van der Waals surface area contributed by atoms with E-state index in [0.29, 0.717) is 29.1 Å². The molecule has 24 heavy (non-hydrogen) atoms. The summed E-state index contributed by atoms with van der Waals surface area (Å²) < 4.78 is 0. The quantitative estimate of drug-likeness (QED) is 0.338. The van der Waals surface area contributed by atoms with Crippen molar-refractivity contribution >= 4 is 59.0 Å². The number of carbonyl (C=O) groups excluding carboxylic acids is 1. The minimum Gasteiger partial charge on any atom is -0.357 e. The molecule has 0 bridgehead atoms. The van der Waals surface area contributed by atoms with Crippen molar-refractivity contribution < 1.29 is 4.79 Å². The van der Waals surface area contributed by atoms with Gasteiger partial charge in [-0.3, -0.25) is 4.79 Å². The van der Waals surface area contributed by atoms with E-state index >= 15 is 0 Å². The van der Waals surface area contributed by atoms with E-state index in [2.05, 4.69) is 20.9 Å². The second-order valence-corrected chi connectivity index (χ2v) is 6.93. The standard InChI is InChI=1S/C16H24Cl2N4O.HI/c1-5-19-15(21-10-14(23)22-16(2,3)4)20-9-11-6-7-12(17)8-13(11)18;/h6-8H,5,9-10H2,1-4H3,(H,22,23)(H2,19,20,21);1H. The maximum absolute atomic E-state index is 11.8. The van der Waals surface area contributed by atoms with Gasteiger partial charge in [-0.2, -0.15) is 0 Å². The monoisotopic (exact) mass is 486 g/mol. The van der Waals surface area contributed by atoms with Crippen molar-refractivity contribution in [2.45, 2.75) is 39.8 Å². The molecule has 0 aromatic heterocycles. The Labute approximate surface area is 171 Å². The lowest BCUT2D eigenvalue weighted by Gasteiger charge is -2.21. The van der Waals surface area contributed by atoms with Crippen LogP contribution in [0.3, 0.4) is 0 Å². The van der Waals surface area contributed by atoms with Gasteiger partial charge in [0.15, 0.2) is 5.96 Å². The molecule has 0 fully saturated rings. The smallest absolute Gasteiger partial charge is 0.239 e. The molecular weight excluding hydrogens is 462 g/mol. The predicted molar refractivity (Wildman–Crippen MR) is 113 cm³/mol. The molecular formula is C16H25Cl2IN4O. The van der Waals surface area contributed by atoms with E-state index in [9.17, 15) is 4.79 Å². The maximum atomic E-state index is 11.8. The molecule has 0 saturated heterocycles. The third-order valence-corrected chi connectivity index (χ3v) is 3.28. The van der Waals surface area contributed by atoms with Crippen LogP contribution in [-0.2, 0) is 11.3 Å². The van der Waals surface area contributed by atoms with Gasteiger partial charge >= 0.3 is 0 Å². The topological polar surface area (TPSA) is 65.5 Å². The number of nitrogens with one attached hydrogen (secondary N) is 3. The van der Waals surface area contributed by atoms with Gasteiger partial charge in [-0.15, -0.1) is 24.0 Å². The SMILES string of the molecule is CCNC(=NCc1ccc(Cl)cc1Cl)NCC(=O)NC(C)(C)C.I. The maximum Gasteiger partial charge on any atom is 0.239 e. The molecule has 0 radical (unpaired) electrons. The van der Waals surface area contributed by atoms with E-state index in [1.807, 2.05) is 33.8 Å². The molecule has 0 heterocycles. The van der Waals surface area contributed by atoms with Crippen molar-refractivity contribution in [2.75, 3.05) is 13.1 Å². The average Bonchev–Trinajstić information content (AvgIpc) is 2.41. The minimum atomic E-state index is -0.259. The number of amides is 1. The Balaban J connectivity index is 0.00000529. The van der Waals surface area contributed by atoms with Crippen LogP contribution in [0.1, 0.15) is 33.3 Å².